The Bertz CT molecular complexity index is 166. The van der Waals surface area contributed by atoms with Gasteiger partial charge in [-0.3, -0.25) is 0 Å². The number of hydrogen-bond donors (Lipinski definition) is 4. The van der Waals surface area contributed by atoms with E-state index in [1.54, 1.807) is 0 Å². The molecule has 4 N–H and O–H groups in total. The number of methoxy groups -OCH3 is 1. The van der Waals surface area contributed by atoms with Crippen molar-refractivity contribution in [2.75, 3.05) is 13.7 Å². The fourth-order valence-electron chi connectivity index (χ4n) is 1.33. The third-order valence-corrected chi connectivity index (χ3v) is 2.11. The van der Waals surface area contributed by atoms with E-state index in [0.29, 0.717) is 0 Å². The van der Waals surface area contributed by atoms with Gasteiger partial charge >= 0.3 is 0 Å². The molecule has 0 unspecified atom stereocenters. The van der Waals surface area contributed by atoms with Crippen LogP contribution >= 0.6 is 0 Å². The second-order valence-corrected chi connectivity index (χ2v) is 2.93. The molecule has 1 fully saturated rings. The van der Waals surface area contributed by atoms with E-state index in [4.69, 9.17) is 14.6 Å². The summed E-state index contributed by atoms with van der Waals surface area (Å²) >= 11 is 0. The van der Waals surface area contributed by atoms with Gasteiger partial charge in [0.15, 0.2) is 6.29 Å². The maximum absolute atomic E-state index is 9.38. The third-order valence-electron chi connectivity index (χ3n) is 2.11. The Balaban J connectivity index is 0. The molecule has 17 heavy (non-hydrogen) atoms. The highest BCUT2D eigenvalue weighted by atomic mass is 16.7. The highest BCUT2D eigenvalue weighted by Crippen LogP contribution is 2.21. The molecule has 5 atom stereocenters. The highest BCUT2D eigenvalue weighted by Gasteiger charge is 2.43. The predicted octanol–water partition coefficient (Wildman–Crippen LogP) is -0.515. The summed E-state index contributed by atoms with van der Waals surface area (Å²) in [4.78, 5) is 0. The predicted molar refractivity (Wildman–Crippen MR) is 63.5 cm³/mol. The molecular formula is C11H26O6. The Morgan fingerprint density at radius 2 is 1.47 bits per heavy atom. The Hall–Kier alpha value is -0.240. The molecule has 0 amide bonds. The minimum absolute atomic E-state index is 0.467. The van der Waals surface area contributed by atoms with E-state index < -0.39 is 37.3 Å². The number of aliphatic hydroxyl groups is 4. The summed E-state index contributed by atoms with van der Waals surface area (Å²) in [7, 11) is 1.28. The quantitative estimate of drug-likeness (QED) is 0.529. The Labute approximate surface area is 103 Å². The number of hydrogen-bond acceptors (Lipinski definition) is 6. The first-order valence-corrected chi connectivity index (χ1v) is 5.95. The van der Waals surface area contributed by atoms with Crippen molar-refractivity contribution in [3.05, 3.63) is 0 Å². The average Bonchev–Trinajstić information content (AvgIpc) is 2.39. The largest absolute Gasteiger partial charge is 0.394 e. The van der Waals surface area contributed by atoms with Gasteiger partial charge in [0.1, 0.15) is 24.4 Å². The van der Waals surface area contributed by atoms with Crippen LogP contribution in [0.25, 0.3) is 0 Å². The highest BCUT2D eigenvalue weighted by molar-refractivity contribution is 4.88. The van der Waals surface area contributed by atoms with Crippen LogP contribution in [0.15, 0.2) is 0 Å². The van der Waals surface area contributed by atoms with Gasteiger partial charge in [-0.2, -0.15) is 0 Å². The van der Waals surface area contributed by atoms with Crippen LogP contribution < -0.4 is 0 Å². The summed E-state index contributed by atoms with van der Waals surface area (Å²) in [5.41, 5.74) is 0. The Morgan fingerprint density at radius 3 is 1.82 bits per heavy atom. The van der Waals surface area contributed by atoms with E-state index in [9.17, 15) is 15.3 Å². The van der Waals surface area contributed by atoms with Crippen LogP contribution in [-0.4, -0.2) is 64.8 Å². The van der Waals surface area contributed by atoms with Crippen LogP contribution in [0, 0.1) is 0 Å². The molecule has 0 aliphatic carbocycles. The van der Waals surface area contributed by atoms with E-state index >= 15 is 0 Å². The van der Waals surface area contributed by atoms with E-state index in [1.807, 2.05) is 27.7 Å². The molecule has 0 radical (unpaired) electrons. The average molecular weight is 254 g/mol. The van der Waals surface area contributed by atoms with Crippen LogP contribution in [0.1, 0.15) is 27.7 Å². The van der Waals surface area contributed by atoms with Crippen molar-refractivity contribution >= 4 is 0 Å². The molecule has 1 aliphatic rings. The van der Waals surface area contributed by atoms with Crippen LogP contribution in [0.2, 0.25) is 0 Å². The van der Waals surface area contributed by atoms with E-state index in [1.165, 1.54) is 7.11 Å². The van der Waals surface area contributed by atoms with Gasteiger partial charge in [-0.15, -0.1) is 0 Å². The minimum Gasteiger partial charge on any atom is -0.394 e. The normalized spacial score (nSPS) is 36.2. The smallest absolute Gasteiger partial charge is 0.184 e. The van der Waals surface area contributed by atoms with Crippen LogP contribution in [0.4, 0.5) is 0 Å². The van der Waals surface area contributed by atoms with E-state index in [0.717, 1.165) is 0 Å². The zero-order valence-corrected chi connectivity index (χ0v) is 11.2. The lowest BCUT2D eigenvalue weighted by Crippen LogP contribution is -2.59. The van der Waals surface area contributed by atoms with Gasteiger partial charge in [-0.05, 0) is 0 Å². The maximum Gasteiger partial charge on any atom is 0.184 e. The molecular weight excluding hydrogens is 228 g/mol. The summed E-state index contributed by atoms with van der Waals surface area (Å²) in [6.07, 6.45) is -5.81. The van der Waals surface area contributed by atoms with Crippen LogP contribution in [0.3, 0.4) is 0 Å². The van der Waals surface area contributed by atoms with Gasteiger partial charge in [-0.1, -0.05) is 27.7 Å². The molecule has 0 aromatic heterocycles. The van der Waals surface area contributed by atoms with Gasteiger partial charge in [0.25, 0.3) is 0 Å². The summed E-state index contributed by atoms with van der Waals surface area (Å²) in [5.74, 6) is 0. The summed E-state index contributed by atoms with van der Waals surface area (Å²) < 4.78 is 9.50. The zero-order valence-electron chi connectivity index (χ0n) is 11.2. The van der Waals surface area contributed by atoms with Gasteiger partial charge in [0.05, 0.1) is 6.61 Å². The van der Waals surface area contributed by atoms with Gasteiger partial charge in [0, 0.05) is 7.11 Å². The molecule has 0 aromatic carbocycles. The van der Waals surface area contributed by atoms with Crippen molar-refractivity contribution in [2.45, 2.75) is 58.4 Å². The van der Waals surface area contributed by atoms with Crippen molar-refractivity contribution in [3.8, 4) is 0 Å². The first kappa shape index (κ1) is 19.1. The van der Waals surface area contributed by atoms with Gasteiger partial charge in [-0.25, -0.2) is 0 Å². The third kappa shape index (κ3) is 5.29. The minimum atomic E-state index is -1.33. The molecule has 0 bridgehead atoms. The molecule has 1 aliphatic heterocycles. The topological polar surface area (TPSA) is 99.4 Å². The molecule has 6 nitrogen and oxygen atoms in total. The zero-order chi connectivity index (χ0) is 14.0. The van der Waals surface area contributed by atoms with Crippen molar-refractivity contribution in [1.82, 2.24) is 0 Å². The maximum atomic E-state index is 9.38. The molecule has 6 heteroatoms. The molecule has 0 spiro atoms. The Morgan fingerprint density at radius 1 is 1.00 bits per heavy atom. The molecule has 1 saturated heterocycles. The molecule has 1 heterocycles. The van der Waals surface area contributed by atoms with Crippen LogP contribution in [-0.2, 0) is 9.47 Å². The van der Waals surface area contributed by atoms with Crippen molar-refractivity contribution < 1.29 is 29.9 Å². The fraction of sp³-hybridized carbons (Fsp3) is 1.00. The first-order chi connectivity index (χ1) is 8.11. The number of rotatable bonds is 2. The number of ether oxygens (including phenoxy) is 2. The second kappa shape index (κ2) is 10.9. The number of aliphatic hydroxyl groups excluding tert-OH is 4. The summed E-state index contributed by atoms with van der Waals surface area (Å²) in [5, 5.41) is 36.7. The van der Waals surface area contributed by atoms with E-state index in [2.05, 4.69) is 0 Å². The second-order valence-electron chi connectivity index (χ2n) is 2.93. The summed E-state index contributed by atoms with van der Waals surface area (Å²) in [6.45, 7) is 7.53. The first-order valence-electron chi connectivity index (χ1n) is 5.95. The Kier molecular flexibility index (Phi) is 12.2. The van der Waals surface area contributed by atoms with Crippen LogP contribution in [0.5, 0.6) is 0 Å². The van der Waals surface area contributed by atoms with Crippen molar-refractivity contribution in [1.29, 1.82) is 0 Å². The lowest BCUT2D eigenvalue weighted by molar-refractivity contribution is -0.291. The lowest BCUT2D eigenvalue weighted by Gasteiger charge is -2.39. The molecule has 1 rings (SSSR count). The summed E-state index contributed by atoms with van der Waals surface area (Å²) in [6, 6.07) is 0. The van der Waals surface area contributed by atoms with Crippen molar-refractivity contribution in [2.24, 2.45) is 0 Å². The lowest BCUT2D eigenvalue weighted by atomic mass is 9.99. The monoisotopic (exact) mass is 254 g/mol. The molecule has 0 aromatic rings. The van der Waals surface area contributed by atoms with Gasteiger partial charge in [0.2, 0.25) is 0 Å². The standard InChI is InChI=1S/C7H14O6.2C2H6/c1-12-6-5(10)4(9)3(2-8)13-7(6)11;2*1-2/h3-11H,2H2,1H3;2*1-2H3/t3-,4-,5+,6-,7-;;/m1../s1. The molecule has 106 valence electrons. The van der Waals surface area contributed by atoms with Crippen molar-refractivity contribution in [3.63, 3.8) is 0 Å². The van der Waals surface area contributed by atoms with E-state index in [-0.39, 0.29) is 0 Å². The SMILES string of the molecule is CC.CC.CO[C@@H]1[C@@H](O)[C@H](O)[C@@H](CO)O[C@H]1O. The molecule has 0 saturated carbocycles. The fourth-order valence-corrected chi connectivity index (χ4v) is 1.33. The van der Waals surface area contributed by atoms with Gasteiger partial charge < -0.3 is 29.9 Å².